The van der Waals surface area contributed by atoms with Crippen molar-refractivity contribution in [2.24, 2.45) is 7.05 Å². The molecule has 0 saturated heterocycles. The summed E-state index contributed by atoms with van der Waals surface area (Å²) < 4.78 is 2.72. The Kier molecular flexibility index (Phi) is 2.27. The predicted molar refractivity (Wildman–Crippen MR) is 60.7 cm³/mol. The number of hydrogen-bond donors (Lipinski definition) is 0. The third-order valence-corrected chi connectivity index (χ3v) is 3.64. The molecule has 0 spiro atoms. The Bertz CT molecular complexity index is 518. The van der Waals surface area contributed by atoms with Crippen LogP contribution < -0.4 is 0 Å². The second kappa shape index (κ2) is 3.21. The van der Waals surface area contributed by atoms with Crippen molar-refractivity contribution in [3.63, 3.8) is 0 Å². The van der Waals surface area contributed by atoms with Crippen molar-refractivity contribution in [2.75, 3.05) is 0 Å². The molecule has 5 heteroatoms. The molecular weight excluding hydrogens is 265 g/mol. The molecule has 2 heterocycles. The fourth-order valence-corrected chi connectivity index (χ4v) is 2.44. The monoisotopic (exact) mass is 273 g/mol. The first-order valence-corrected chi connectivity index (χ1v) is 5.34. The van der Waals surface area contributed by atoms with Crippen LogP contribution in [0.3, 0.4) is 0 Å². The first-order valence-electron chi connectivity index (χ1n) is 4.17. The number of nitrogens with zero attached hydrogens (tertiary/aromatic N) is 3. The molecule has 0 N–H and O–H groups in total. The van der Waals surface area contributed by atoms with E-state index < -0.39 is 0 Å². The molecule has 0 aliphatic carbocycles. The lowest BCUT2D eigenvalue weighted by Crippen LogP contribution is -1.95. The van der Waals surface area contributed by atoms with Gasteiger partial charge in [0.1, 0.15) is 16.6 Å². The molecule has 0 radical (unpaired) electrons. The molecule has 0 aromatic carbocycles. The maximum Gasteiger partial charge on any atom is 0.145 e. The third-order valence-electron chi connectivity index (χ3n) is 2.20. The Balaban J connectivity index is 3.02. The van der Waals surface area contributed by atoms with E-state index in [0.717, 1.165) is 27.0 Å². The fourth-order valence-electron chi connectivity index (χ4n) is 1.54. The average Bonchev–Trinajstić information content (AvgIpc) is 2.31. The van der Waals surface area contributed by atoms with E-state index in [1.807, 2.05) is 25.5 Å². The molecule has 0 fully saturated rings. The minimum Gasteiger partial charge on any atom is -0.318 e. The van der Waals surface area contributed by atoms with Crippen molar-refractivity contribution in [1.29, 1.82) is 0 Å². The Morgan fingerprint density at radius 1 is 1.29 bits per heavy atom. The number of hydrogen-bond acceptors (Lipinski definition) is 2. The zero-order chi connectivity index (χ0) is 10.5. The summed E-state index contributed by atoms with van der Waals surface area (Å²) in [4.78, 5) is 8.66. The van der Waals surface area contributed by atoms with Crippen molar-refractivity contribution in [2.45, 2.75) is 13.8 Å². The van der Waals surface area contributed by atoms with E-state index in [-0.39, 0.29) is 0 Å². The smallest absolute Gasteiger partial charge is 0.145 e. The molecule has 0 unspecified atom stereocenters. The number of fused-ring (bicyclic) bond motifs is 1. The predicted octanol–water partition coefficient (Wildman–Crippen LogP) is 3.00. The van der Waals surface area contributed by atoms with E-state index in [0.29, 0.717) is 5.15 Å². The van der Waals surface area contributed by atoms with Crippen LogP contribution in [0.2, 0.25) is 5.15 Å². The summed E-state index contributed by atoms with van der Waals surface area (Å²) in [6.45, 7) is 3.83. The van der Waals surface area contributed by atoms with Crippen LogP contribution in [0.4, 0.5) is 0 Å². The highest BCUT2D eigenvalue weighted by Gasteiger charge is 2.15. The lowest BCUT2D eigenvalue weighted by Gasteiger charge is -1.99. The lowest BCUT2D eigenvalue weighted by molar-refractivity contribution is 0.926. The van der Waals surface area contributed by atoms with Gasteiger partial charge in [0.15, 0.2) is 0 Å². The van der Waals surface area contributed by atoms with E-state index in [1.54, 1.807) is 0 Å². The second-order valence-corrected chi connectivity index (χ2v) is 4.37. The number of aromatic nitrogens is 3. The molecule has 2 rings (SSSR count). The van der Waals surface area contributed by atoms with Gasteiger partial charge in [-0.1, -0.05) is 11.6 Å². The highest BCUT2D eigenvalue weighted by molar-refractivity contribution is 9.10. The minimum atomic E-state index is 0.656. The zero-order valence-electron chi connectivity index (χ0n) is 8.10. The maximum atomic E-state index is 6.09. The van der Waals surface area contributed by atoms with E-state index in [1.165, 1.54) is 0 Å². The Labute approximate surface area is 95.2 Å². The van der Waals surface area contributed by atoms with Gasteiger partial charge in [0.05, 0.1) is 15.6 Å². The van der Waals surface area contributed by atoms with E-state index in [4.69, 9.17) is 11.6 Å². The number of rotatable bonds is 0. The number of aryl methyl sites for hydroxylation is 3. The molecule has 0 saturated carbocycles. The second-order valence-electron chi connectivity index (χ2n) is 3.22. The van der Waals surface area contributed by atoms with Gasteiger partial charge < -0.3 is 4.57 Å². The van der Waals surface area contributed by atoms with Crippen molar-refractivity contribution >= 4 is 38.6 Å². The average molecular weight is 275 g/mol. The quantitative estimate of drug-likeness (QED) is 0.739. The summed E-state index contributed by atoms with van der Waals surface area (Å²) in [5.41, 5.74) is 1.81. The molecule has 74 valence electrons. The van der Waals surface area contributed by atoms with Crippen LogP contribution in [0.5, 0.6) is 0 Å². The summed E-state index contributed by atoms with van der Waals surface area (Å²) in [6, 6.07) is 0. The molecule has 3 nitrogen and oxygen atoms in total. The largest absolute Gasteiger partial charge is 0.318 e. The molecule has 2 aromatic rings. The van der Waals surface area contributed by atoms with Crippen molar-refractivity contribution < 1.29 is 0 Å². The third kappa shape index (κ3) is 1.25. The highest BCUT2D eigenvalue weighted by Crippen LogP contribution is 2.33. The van der Waals surface area contributed by atoms with Gasteiger partial charge >= 0.3 is 0 Å². The molecule has 14 heavy (non-hydrogen) atoms. The van der Waals surface area contributed by atoms with Crippen molar-refractivity contribution in [3.05, 3.63) is 21.1 Å². The van der Waals surface area contributed by atoms with Crippen LogP contribution in [-0.2, 0) is 7.05 Å². The standard InChI is InChI=1S/C9H9BrClN3/c1-4-6-7(10)8(11)14(3)9(6)13-5(2)12-4/h1-3H3. The number of halogens is 2. The topological polar surface area (TPSA) is 30.7 Å². The van der Waals surface area contributed by atoms with Gasteiger partial charge in [-0.25, -0.2) is 9.97 Å². The summed E-state index contributed by atoms with van der Waals surface area (Å²) in [5.74, 6) is 0.764. The van der Waals surface area contributed by atoms with Crippen LogP contribution in [-0.4, -0.2) is 14.5 Å². The minimum absolute atomic E-state index is 0.656. The van der Waals surface area contributed by atoms with Crippen LogP contribution >= 0.6 is 27.5 Å². The van der Waals surface area contributed by atoms with Crippen LogP contribution in [0.15, 0.2) is 4.47 Å². The SMILES string of the molecule is Cc1nc(C)c2c(Br)c(Cl)n(C)c2n1. The zero-order valence-corrected chi connectivity index (χ0v) is 10.4. The summed E-state index contributed by atoms with van der Waals surface area (Å²) >= 11 is 9.54. The van der Waals surface area contributed by atoms with Gasteiger partial charge in [0.25, 0.3) is 0 Å². The molecule has 0 bridgehead atoms. The fraction of sp³-hybridized carbons (Fsp3) is 0.333. The van der Waals surface area contributed by atoms with Gasteiger partial charge in [0, 0.05) is 7.05 Å². The normalized spacial score (nSPS) is 11.2. The lowest BCUT2D eigenvalue weighted by atomic mass is 10.3. The molecular formula is C9H9BrClN3. The molecule has 0 amide bonds. The Morgan fingerprint density at radius 2 is 1.93 bits per heavy atom. The van der Waals surface area contributed by atoms with Crippen molar-refractivity contribution in [1.82, 2.24) is 14.5 Å². The van der Waals surface area contributed by atoms with Crippen LogP contribution in [0.25, 0.3) is 11.0 Å². The molecule has 0 aliphatic heterocycles. The Morgan fingerprint density at radius 3 is 2.57 bits per heavy atom. The van der Waals surface area contributed by atoms with Gasteiger partial charge in [-0.15, -0.1) is 0 Å². The van der Waals surface area contributed by atoms with Crippen LogP contribution in [0, 0.1) is 13.8 Å². The summed E-state index contributed by atoms with van der Waals surface area (Å²) in [6.07, 6.45) is 0. The van der Waals surface area contributed by atoms with Gasteiger partial charge in [0.2, 0.25) is 0 Å². The van der Waals surface area contributed by atoms with Crippen LogP contribution in [0.1, 0.15) is 11.5 Å². The van der Waals surface area contributed by atoms with Crippen molar-refractivity contribution in [3.8, 4) is 0 Å². The summed E-state index contributed by atoms with van der Waals surface area (Å²) in [5, 5.41) is 1.64. The Hall–Kier alpha value is -0.610. The highest BCUT2D eigenvalue weighted by atomic mass is 79.9. The maximum absolute atomic E-state index is 6.09. The first kappa shape index (κ1) is 9.93. The first-order chi connectivity index (χ1) is 6.52. The van der Waals surface area contributed by atoms with E-state index >= 15 is 0 Å². The molecule has 0 aliphatic rings. The van der Waals surface area contributed by atoms with Gasteiger partial charge in [-0.3, -0.25) is 0 Å². The van der Waals surface area contributed by atoms with Gasteiger partial charge in [-0.2, -0.15) is 0 Å². The molecule has 2 aromatic heterocycles. The summed E-state index contributed by atoms with van der Waals surface area (Å²) in [7, 11) is 1.89. The van der Waals surface area contributed by atoms with Gasteiger partial charge in [-0.05, 0) is 29.8 Å². The molecule has 0 atom stereocenters. The van der Waals surface area contributed by atoms with E-state index in [9.17, 15) is 0 Å². The van der Waals surface area contributed by atoms with E-state index in [2.05, 4.69) is 25.9 Å².